The third-order valence-corrected chi connectivity index (χ3v) is 3.93. The van der Waals surface area contributed by atoms with Crippen LogP contribution in [0.25, 0.3) is 10.8 Å². The van der Waals surface area contributed by atoms with Gasteiger partial charge in [-0.05, 0) is 53.9 Å². The van der Waals surface area contributed by atoms with Crippen LogP contribution in [0.5, 0.6) is 0 Å². The molecular formula is C22H18O2. The minimum absolute atomic E-state index is 0.158. The number of aryl methyl sites for hydroxylation is 2. The lowest BCUT2D eigenvalue weighted by molar-refractivity contribution is -0.136. The Morgan fingerprint density at radius 2 is 1.50 bits per heavy atom. The molecule has 2 heteroatoms. The summed E-state index contributed by atoms with van der Waals surface area (Å²) in [6.07, 6.45) is 0.714. The third kappa shape index (κ3) is 4.02. The quantitative estimate of drug-likeness (QED) is 0.719. The average Bonchev–Trinajstić information content (AvgIpc) is 2.59. The molecule has 3 rings (SSSR count). The predicted molar refractivity (Wildman–Crippen MR) is 97.1 cm³/mol. The zero-order chi connectivity index (χ0) is 16.9. The van der Waals surface area contributed by atoms with Gasteiger partial charge in [-0.15, -0.1) is 0 Å². The summed E-state index contributed by atoms with van der Waals surface area (Å²) in [7, 11) is 0. The van der Waals surface area contributed by atoms with E-state index in [1.54, 1.807) is 0 Å². The Kier molecular flexibility index (Phi) is 4.63. The molecule has 0 atom stereocenters. The zero-order valence-corrected chi connectivity index (χ0v) is 13.5. The van der Waals surface area contributed by atoms with Crippen LogP contribution < -0.4 is 0 Å². The van der Waals surface area contributed by atoms with E-state index >= 15 is 0 Å². The molecule has 0 aliphatic carbocycles. The van der Waals surface area contributed by atoms with Crippen molar-refractivity contribution in [1.29, 1.82) is 0 Å². The smallest absolute Gasteiger partial charge is 0.303 e. The van der Waals surface area contributed by atoms with Gasteiger partial charge in [0.2, 0.25) is 0 Å². The van der Waals surface area contributed by atoms with E-state index in [4.69, 9.17) is 5.11 Å². The number of aliphatic carboxylic acids is 1. The molecule has 0 aliphatic rings. The van der Waals surface area contributed by atoms with Gasteiger partial charge in [0, 0.05) is 17.5 Å². The first kappa shape index (κ1) is 15.8. The van der Waals surface area contributed by atoms with Crippen molar-refractivity contribution in [2.45, 2.75) is 19.8 Å². The zero-order valence-electron chi connectivity index (χ0n) is 13.5. The van der Waals surface area contributed by atoms with Crippen molar-refractivity contribution in [3.63, 3.8) is 0 Å². The summed E-state index contributed by atoms with van der Waals surface area (Å²) in [4.78, 5) is 10.7. The first-order valence-electron chi connectivity index (χ1n) is 7.93. The normalized spacial score (nSPS) is 10.2. The second kappa shape index (κ2) is 7.02. The highest BCUT2D eigenvalue weighted by Crippen LogP contribution is 2.18. The fourth-order valence-corrected chi connectivity index (χ4v) is 2.56. The van der Waals surface area contributed by atoms with Crippen LogP contribution in [-0.4, -0.2) is 11.1 Å². The SMILES string of the molecule is Cc1ccc(C#Cc2ccc3cc(CCC(=O)O)ccc3c2)cc1. The lowest BCUT2D eigenvalue weighted by Crippen LogP contribution is -1.97. The molecule has 24 heavy (non-hydrogen) atoms. The molecule has 0 radical (unpaired) electrons. The van der Waals surface area contributed by atoms with E-state index in [0.717, 1.165) is 27.5 Å². The predicted octanol–water partition coefficient (Wildman–Crippen LogP) is 4.57. The number of carboxylic acid groups (broad SMARTS) is 1. The van der Waals surface area contributed by atoms with E-state index in [9.17, 15) is 4.79 Å². The molecule has 0 spiro atoms. The van der Waals surface area contributed by atoms with Crippen LogP contribution >= 0.6 is 0 Å². The first-order chi connectivity index (χ1) is 11.6. The highest BCUT2D eigenvalue weighted by Gasteiger charge is 2.01. The summed E-state index contributed by atoms with van der Waals surface area (Å²) < 4.78 is 0. The van der Waals surface area contributed by atoms with Crippen molar-refractivity contribution in [3.05, 3.63) is 82.9 Å². The number of carboxylic acids is 1. The van der Waals surface area contributed by atoms with Gasteiger partial charge >= 0.3 is 5.97 Å². The maximum atomic E-state index is 10.7. The maximum absolute atomic E-state index is 10.7. The summed E-state index contributed by atoms with van der Waals surface area (Å²) in [5.74, 6) is 5.61. The molecule has 0 unspecified atom stereocenters. The molecule has 0 aromatic heterocycles. The Morgan fingerprint density at radius 3 is 2.25 bits per heavy atom. The van der Waals surface area contributed by atoms with E-state index in [1.807, 2.05) is 36.4 Å². The summed E-state index contributed by atoms with van der Waals surface area (Å²) in [6, 6.07) is 20.4. The number of benzene rings is 3. The van der Waals surface area contributed by atoms with E-state index in [1.165, 1.54) is 5.56 Å². The van der Waals surface area contributed by atoms with Crippen molar-refractivity contribution < 1.29 is 9.90 Å². The van der Waals surface area contributed by atoms with Crippen LogP contribution in [0, 0.1) is 18.8 Å². The Bertz CT molecular complexity index is 941. The van der Waals surface area contributed by atoms with Crippen LogP contribution in [0.3, 0.4) is 0 Å². The van der Waals surface area contributed by atoms with E-state index in [2.05, 4.69) is 43.0 Å². The fraction of sp³-hybridized carbons (Fsp3) is 0.136. The standard InChI is InChI=1S/C22H18O2/c1-16-2-4-17(5-3-16)6-7-18-8-11-21-15-19(10-13-22(23)24)9-12-20(21)14-18/h2-5,8-9,11-12,14-15H,10,13H2,1H3,(H,23,24). The molecule has 3 aromatic rings. The van der Waals surface area contributed by atoms with Crippen LogP contribution in [0.15, 0.2) is 60.7 Å². The van der Waals surface area contributed by atoms with Gasteiger partial charge in [-0.2, -0.15) is 0 Å². The minimum Gasteiger partial charge on any atom is -0.481 e. The van der Waals surface area contributed by atoms with Crippen LogP contribution in [0.4, 0.5) is 0 Å². The summed E-state index contributed by atoms with van der Waals surface area (Å²) >= 11 is 0. The Labute approximate surface area is 141 Å². The number of fused-ring (bicyclic) bond motifs is 1. The minimum atomic E-state index is -0.767. The van der Waals surface area contributed by atoms with Crippen LogP contribution in [0.1, 0.15) is 28.7 Å². The van der Waals surface area contributed by atoms with E-state index < -0.39 is 5.97 Å². The van der Waals surface area contributed by atoms with Gasteiger partial charge in [0.25, 0.3) is 0 Å². The fourth-order valence-electron chi connectivity index (χ4n) is 2.56. The Balaban J connectivity index is 1.83. The molecule has 2 nitrogen and oxygen atoms in total. The monoisotopic (exact) mass is 314 g/mol. The summed E-state index contributed by atoms with van der Waals surface area (Å²) in [5, 5.41) is 11.0. The Hall–Kier alpha value is -3.05. The van der Waals surface area contributed by atoms with Crippen molar-refractivity contribution in [1.82, 2.24) is 0 Å². The molecule has 0 fully saturated rings. The number of carbonyl (C=O) groups is 1. The first-order valence-corrected chi connectivity index (χ1v) is 7.93. The largest absolute Gasteiger partial charge is 0.481 e. The van der Waals surface area contributed by atoms with Crippen molar-refractivity contribution in [2.75, 3.05) is 0 Å². The molecule has 0 amide bonds. The summed E-state index contributed by atoms with van der Waals surface area (Å²) in [6.45, 7) is 2.06. The molecule has 1 N–H and O–H groups in total. The number of hydrogen-bond acceptors (Lipinski definition) is 1. The van der Waals surface area contributed by atoms with Crippen LogP contribution in [0.2, 0.25) is 0 Å². The molecule has 0 saturated heterocycles. The summed E-state index contributed by atoms with van der Waals surface area (Å²) in [5.41, 5.74) is 4.25. The second-order valence-corrected chi connectivity index (χ2v) is 5.91. The second-order valence-electron chi connectivity index (χ2n) is 5.91. The van der Waals surface area contributed by atoms with Gasteiger partial charge in [0.05, 0.1) is 0 Å². The van der Waals surface area contributed by atoms with Gasteiger partial charge in [-0.25, -0.2) is 0 Å². The topological polar surface area (TPSA) is 37.3 Å². The average molecular weight is 314 g/mol. The van der Waals surface area contributed by atoms with Crippen molar-refractivity contribution >= 4 is 16.7 Å². The molecule has 0 aliphatic heterocycles. The third-order valence-electron chi connectivity index (χ3n) is 3.93. The molecular weight excluding hydrogens is 296 g/mol. The lowest BCUT2D eigenvalue weighted by Gasteiger charge is -2.03. The maximum Gasteiger partial charge on any atom is 0.303 e. The molecule has 0 heterocycles. The number of hydrogen-bond donors (Lipinski definition) is 1. The molecule has 118 valence electrons. The van der Waals surface area contributed by atoms with Crippen LogP contribution in [-0.2, 0) is 11.2 Å². The van der Waals surface area contributed by atoms with Crippen molar-refractivity contribution in [3.8, 4) is 11.8 Å². The Morgan fingerprint density at radius 1 is 0.875 bits per heavy atom. The van der Waals surface area contributed by atoms with E-state index in [-0.39, 0.29) is 6.42 Å². The highest BCUT2D eigenvalue weighted by atomic mass is 16.4. The van der Waals surface area contributed by atoms with Crippen molar-refractivity contribution in [2.24, 2.45) is 0 Å². The highest BCUT2D eigenvalue weighted by molar-refractivity contribution is 5.84. The molecule has 3 aromatic carbocycles. The van der Waals surface area contributed by atoms with Gasteiger partial charge in [0.1, 0.15) is 0 Å². The van der Waals surface area contributed by atoms with Gasteiger partial charge in [-0.1, -0.05) is 53.8 Å². The van der Waals surface area contributed by atoms with E-state index in [0.29, 0.717) is 6.42 Å². The lowest BCUT2D eigenvalue weighted by atomic mass is 10.0. The van der Waals surface area contributed by atoms with Gasteiger partial charge in [-0.3, -0.25) is 4.79 Å². The van der Waals surface area contributed by atoms with Gasteiger partial charge < -0.3 is 5.11 Å². The number of rotatable bonds is 3. The molecule has 0 bridgehead atoms. The molecule has 0 saturated carbocycles. The van der Waals surface area contributed by atoms with Gasteiger partial charge in [0.15, 0.2) is 0 Å².